The second kappa shape index (κ2) is 20.9. The minimum atomic E-state index is -0.416. The fourth-order valence-electron chi connectivity index (χ4n) is 7.47. The molecule has 0 atom stereocenters. The van der Waals surface area contributed by atoms with E-state index < -0.39 is 6.09 Å². The third kappa shape index (κ3) is 11.1. The second-order valence-electron chi connectivity index (χ2n) is 14.8. The number of phenols is 1. The number of piperidine rings is 1. The molecular weight excluding hydrogens is 751 g/mol. The normalized spacial score (nSPS) is 13.1. The third-order valence-electron chi connectivity index (χ3n) is 10.6. The first-order valence-electron chi connectivity index (χ1n) is 20.6. The quantitative estimate of drug-likeness (QED) is 0.0536. The zero-order valence-electron chi connectivity index (χ0n) is 33.6. The Morgan fingerprint density at radius 2 is 1.23 bits per heavy atom. The average Bonchev–Trinajstić information content (AvgIpc) is 3.29. The molecule has 0 bridgehead atoms. The SMILES string of the molecule is O=C(CNCCN1CCC(OC(=O)N(c2ccccc2-c2ccccc2)c2ccccc2-c2ccccc2)CC1)c1cccc(C(=O)NCCNCc2cccc(O)c2)c1. The summed E-state index contributed by atoms with van der Waals surface area (Å²) in [6.07, 6.45) is 0.730. The van der Waals surface area contributed by atoms with Crippen LogP contribution >= 0.6 is 0 Å². The van der Waals surface area contributed by atoms with Gasteiger partial charge in [-0.25, -0.2) is 9.69 Å². The minimum absolute atomic E-state index is 0.0877. The molecule has 0 unspecified atom stereocenters. The van der Waals surface area contributed by atoms with E-state index in [0.717, 1.165) is 58.8 Å². The number of anilines is 2. The molecular formula is C50H51N5O5. The van der Waals surface area contributed by atoms with E-state index in [0.29, 0.717) is 50.1 Å². The fourth-order valence-corrected chi connectivity index (χ4v) is 7.47. The maximum absolute atomic E-state index is 14.5. The molecule has 10 heteroatoms. The number of carbonyl (C=O) groups excluding carboxylic acids is 3. The van der Waals surface area contributed by atoms with Gasteiger partial charge in [-0.1, -0.05) is 121 Å². The number of carbonyl (C=O) groups is 3. The summed E-state index contributed by atoms with van der Waals surface area (Å²) in [6.45, 7) is 4.59. The summed E-state index contributed by atoms with van der Waals surface area (Å²) in [7, 11) is 0. The summed E-state index contributed by atoms with van der Waals surface area (Å²) in [5.41, 5.74) is 7.23. The van der Waals surface area contributed by atoms with Gasteiger partial charge in [-0.05, 0) is 65.9 Å². The monoisotopic (exact) mass is 801 g/mol. The van der Waals surface area contributed by atoms with Crippen molar-refractivity contribution in [2.24, 2.45) is 0 Å². The van der Waals surface area contributed by atoms with Gasteiger partial charge in [0, 0.05) is 68.1 Å². The van der Waals surface area contributed by atoms with Gasteiger partial charge in [0.1, 0.15) is 11.9 Å². The number of aromatic hydroxyl groups is 1. The number of likely N-dealkylation sites (tertiary alicyclic amines) is 1. The smallest absolute Gasteiger partial charge is 0.419 e. The maximum Gasteiger partial charge on any atom is 0.419 e. The van der Waals surface area contributed by atoms with Crippen LogP contribution < -0.4 is 20.9 Å². The van der Waals surface area contributed by atoms with Crippen LogP contribution in [-0.2, 0) is 11.3 Å². The lowest BCUT2D eigenvalue weighted by molar-refractivity contribution is 0.0566. The fraction of sp³-hybridized carbons (Fsp3) is 0.220. The van der Waals surface area contributed by atoms with Crippen molar-refractivity contribution in [1.82, 2.24) is 20.9 Å². The van der Waals surface area contributed by atoms with E-state index >= 15 is 0 Å². The highest BCUT2D eigenvalue weighted by Crippen LogP contribution is 2.40. The van der Waals surface area contributed by atoms with Crippen molar-refractivity contribution in [3.05, 3.63) is 174 Å². The standard InChI is InChI=1S/C50H51N5O5/c56-42-20-11-13-37(33-42)35-51-27-28-53-49(58)41-19-12-18-40(34-41)48(57)36-52-29-32-54-30-25-43(26-31-54)60-50(59)55(46-23-9-7-21-44(46)38-14-3-1-4-15-38)47-24-10-8-22-45(47)39-16-5-2-6-17-39/h1-24,33-34,43,51-52,56H,25-32,35-36H2,(H,53,58). The number of nitrogens with one attached hydrogen (secondary N) is 3. The van der Waals surface area contributed by atoms with Gasteiger partial charge in [-0.3, -0.25) is 9.59 Å². The highest BCUT2D eigenvalue weighted by molar-refractivity contribution is 6.04. The lowest BCUT2D eigenvalue weighted by Crippen LogP contribution is -2.42. The number of ether oxygens (including phenoxy) is 1. The molecule has 10 nitrogen and oxygen atoms in total. The molecule has 1 fully saturated rings. The van der Waals surface area contributed by atoms with Gasteiger partial charge in [0.25, 0.3) is 5.91 Å². The molecule has 1 heterocycles. The van der Waals surface area contributed by atoms with Crippen molar-refractivity contribution in [2.45, 2.75) is 25.5 Å². The lowest BCUT2D eigenvalue weighted by Gasteiger charge is -2.34. The van der Waals surface area contributed by atoms with E-state index in [2.05, 4.69) is 45.1 Å². The number of amides is 2. The number of rotatable bonds is 17. The number of phenolic OH excluding ortho intramolecular Hbond substituents is 1. The van der Waals surface area contributed by atoms with Crippen molar-refractivity contribution in [3.8, 4) is 28.0 Å². The summed E-state index contributed by atoms with van der Waals surface area (Å²) < 4.78 is 6.34. The molecule has 4 N–H and O–H groups in total. The van der Waals surface area contributed by atoms with Gasteiger partial charge < -0.3 is 30.7 Å². The Morgan fingerprint density at radius 3 is 1.88 bits per heavy atom. The molecule has 1 aliphatic rings. The number of ketones is 1. The average molecular weight is 802 g/mol. The van der Waals surface area contributed by atoms with Gasteiger partial charge in [0.15, 0.2) is 5.78 Å². The van der Waals surface area contributed by atoms with Crippen molar-refractivity contribution in [3.63, 3.8) is 0 Å². The topological polar surface area (TPSA) is 123 Å². The number of benzene rings is 6. The Morgan fingerprint density at radius 1 is 0.633 bits per heavy atom. The molecule has 1 saturated heterocycles. The predicted molar refractivity (Wildman–Crippen MR) is 238 cm³/mol. The maximum atomic E-state index is 14.5. The molecule has 306 valence electrons. The molecule has 0 aromatic heterocycles. The van der Waals surface area contributed by atoms with Crippen LogP contribution in [-0.4, -0.2) is 79.7 Å². The molecule has 0 spiro atoms. The number of hydrogen-bond acceptors (Lipinski definition) is 8. The van der Waals surface area contributed by atoms with Crippen LogP contribution in [0.25, 0.3) is 22.3 Å². The highest BCUT2D eigenvalue weighted by atomic mass is 16.6. The Labute approximate surface area is 351 Å². The first-order valence-corrected chi connectivity index (χ1v) is 20.6. The molecule has 2 amide bonds. The van der Waals surface area contributed by atoms with E-state index in [1.807, 2.05) is 91.0 Å². The zero-order chi connectivity index (χ0) is 41.5. The minimum Gasteiger partial charge on any atom is -0.508 e. The van der Waals surface area contributed by atoms with Crippen molar-refractivity contribution >= 4 is 29.2 Å². The molecule has 0 aliphatic carbocycles. The van der Waals surface area contributed by atoms with Crippen LogP contribution in [0.4, 0.5) is 16.2 Å². The Hall–Kier alpha value is -6.59. The summed E-state index contributed by atoms with van der Waals surface area (Å²) >= 11 is 0. The zero-order valence-corrected chi connectivity index (χ0v) is 33.6. The van der Waals surface area contributed by atoms with Crippen molar-refractivity contribution < 1.29 is 24.2 Å². The van der Waals surface area contributed by atoms with Gasteiger partial charge in [-0.15, -0.1) is 0 Å². The number of nitrogens with zero attached hydrogens (tertiary/aromatic N) is 2. The number of para-hydroxylation sites is 2. The summed E-state index contributed by atoms with van der Waals surface area (Å²) in [5, 5.41) is 19.0. The molecule has 6 aromatic carbocycles. The van der Waals surface area contributed by atoms with Crippen LogP contribution in [0.2, 0.25) is 0 Å². The van der Waals surface area contributed by atoms with Crippen molar-refractivity contribution in [1.29, 1.82) is 0 Å². The Kier molecular flexibility index (Phi) is 14.5. The predicted octanol–water partition coefficient (Wildman–Crippen LogP) is 8.46. The summed E-state index contributed by atoms with van der Waals surface area (Å²) in [6, 6.07) is 49.9. The molecule has 60 heavy (non-hydrogen) atoms. The Bertz CT molecular complexity index is 2260. The molecule has 1 aliphatic heterocycles. The second-order valence-corrected chi connectivity index (χ2v) is 14.8. The van der Waals surface area contributed by atoms with Gasteiger partial charge in [0.2, 0.25) is 0 Å². The highest BCUT2D eigenvalue weighted by Gasteiger charge is 2.29. The van der Waals surface area contributed by atoms with Crippen LogP contribution in [0.3, 0.4) is 0 Å². The van der Waals surface area contributed by atoms with Gasteiger partial charge in [0.05, 0.1) is 17.9 Å². The molecule has 0 radical (unpaired) electrons. The lowest BCUT2D eigenvalue weighted by atomic mass is 10.00. The van der Waals surface area contributed by atoms with E-state index in [1.54, 1.807) is 47.4 Å². The van der Waals surface area contributed by atoms with Crippen LogP contribution in [0.15, 0.2) is 158 Å². The first kappa shape index (κ1) is 41.6. The van der Waals surface area contributed by atoms with E-state index in [1.165, 1.54) is 0 Å². The van der Waals surface area contributed by atoms with Crippen LogP contribution in [0, 0.1) is 0 Å². The molecule has 0 saturated carbocycles. The number of Topliss-reactive ketones (excluding diaryl/α,β-unsaturated/α-hetero) is 1. The Balaban J connectivity index is 0.894. The van der Waals surface area contributed by atoms with Crippen LogP contribution in [0.5, 0.6) is 5.75 Å². The van der Waals surface area contributed by atoms with Crippen LogP contribution in [0.1, 0.15) is 39.1 Å². The first-order chi connectivity index (χ1) is 29.4. The summed E-state index contributed by atoms with van der Waals surface area (Å²) in [4.78, 5) is 44.3. The summed E-state index contributed by atoms with van der Waals surface area (Å²) in [5.74, 6) is -0.112. The van der Waals surface area contributed by atoms with Gasteiger partial charge >= 0.3 is 6.09 Å². The van der Waals surface area contributed by atoms with Gasteiger partial charge in [-0.2, -0.15) is 0 Å². The molecule has 7 rings (SSSR count). The third-order valence-corrected chi connectivity index (χ3v) is 10.6. The molecule has 6 aromatic rings. The van der Waals surface area contributed by atoms with E-state index in [4.69, 9.17) is 4.74 Å². The van der Waals surface area contributed by atoms with E-state index in [9.17, 15) is 19.5 Å². The number of hydrogen-bond donors (Lipinski definition) is 4. The largest absolute Gasteiger partial charge is 0.508 e. The van der Waals surface area contributed by atoms with E-state index in [-0.39, 0.29) is 30.1 Å². The van der Waals surface area contributed by atoms with Crippen molar-refractivity contribution in [2.75, 3.05) is 50.7 Å².